The minimum absolute atomic E-state index is 0.806. The second-order valence-electron chi connectivity index (χ2n) is 5.58. The lowest BCUT2D eigenvalue weighted by Gasteiger charge is -2.17. The van der Waals surface area contributed by atoms with E-state index in [-0.39, 0.29) is 0 Å². The van der Waals surface area contributed by atoms with E-state index in [1.807, 2.05) is 0 Å². The summed E-state index contributed by atoms with van der Waals surface area (Å²) >= 11 is 0. The van der Waals surface area contributed by atoms with E-state index in [0.29, 0.717) is 0 Å². The van der Waals surface area contributed by atoms with E-state index < -0.39 is 0 Å². The molecule has 0 aromatic carbocycles. The van der Waals surface area contributed by atoms with Crippen LogP contribution in [0.5, 0.6) is 0 Å². The van der Waals surface area contributed by atoms with E-state index in [0.717, 1.165) is 5.92 Å². The summed E-state index contributed by atoms with van der Waals surface area (Å²) in [6.07, 6.45) is 15.1. The van der Waals surface area contributed by atoms with Gasteiger partial charge in [0.1, 0.15) is 0 Å². The normalized spacial score (nSPS) is 19.8. The van der Waals surface area contributed by atoms with E-state index in [2.05, 4.69) is 38.7 Å². The van der Waals surface area contributed by atoms with Crippen LogP contribution in [0.2, 0.25) is 0 Å². The molecule has 0 nitrogen and oxygen atoms in total. The van der Waals surface area contributed by atoms with Crippen LogP contribution in [-0.4, -0.2) is 0 Å². The topological polar surface area (TPSA) is 0 Å². The highest BCUT2D eigenvalue weighted by atomic mass is 14.1. The standard InChI is InChI=1S/C17H28/c1-4-5-6-7-8-9-10-11-17-13-15(2)12-16(3)14-17/h10,13,16H,4-9,12,14H2,1-3H3. The fourth-order valence-electron chi connectivity index (χ4n) is 2.57. The Balaban J connectivity index is 2.28. The first kappa shape index (κ1) is 14.3. The third kappa shape index (κ3) is 6.54. The molecule has 0 N–H and O–H groups in total. The molecule has 1 aliphatic rings. The van der Waals surface area contributed by atoms with E-state index in [1.165, 1.54) is 62.5 Å². The van der Waals surface area contributed by atoms with Gasteiger partial charge in [0.2, 0.25) is 0 Å². The molecule has 0 saturated heterocycles. The predicted molar refractivity (Wildman–Crippen MR) is 77.1 cm³/mol. The summed E-state index contributed by atoms with van der Waals surface area (Å²) in [4.78, 5) is 0. The number of hydrogen-bond donors (Lipinski definition) is 0. The first-order chi connectivity index (χ1) is 8.22. The van der Waals surface area contributed by atoms with Crippen LogP contribution >= 0.6 is 0 Å². The van der Waals surface area contributed by atoms with Gasteiger partial charge in [0.25, 0.3) is 0 Å². The summed E-state index contributed by atoms with van der Waals surface area (Å²) in [6, 6.07) is 0. The first-order valence-electron chi connectivity index (χ1n) is 7.33. The number of unbranched alkanes of at least 4 members (excludes halogenated alkanes) is 5. The number of hydrogen-bond acceptors (Lipinski definition) is 0. The van der Waals surface area contributed by atoms with Crippen molar-refractivity contribution in [2.24, 2.45) is 5.92 Å². The van der Waals surface area contributed by atoms with Crippen molar-refractivity contribution in [3.8, 4) is 0 Å². The molecule has 1 unspecified atom stereocenters. The second-order valence-corrected chi connectivity index (χ2v) is 5.58. The molecule has 0 aromatic heterocycles. The fourth-order valence-corrected chi connectivity index (χ4v) is 2.57. The lowest BCUT2D eigenvalue weighted by molar-refractivity contribution is 0.560. The van der Waals surface area contributed by atoms with Crippen LogP contribution in [0.4, 0.5) is 0 Å². The van der Waals surface area contributed by atoms with Gasteiger partial charge in [-0.3, -0.25) is 0 Å². The van der Waals surface area contributed by atoms with Gasteiger partial charge in [-0.25, -0.2) is 0 Å². The zero-order chi connectivity index (χ0) is 12.5. The molecule has 0 bridgehead atoms. The van der Waals surface area contributed by atoms with Crippen molar-refractivity contribution >= 4 is 0 Å². The van der Waals surface area contributed by atoms with Crippen LogP contribution in [0, 0.1) is 5.92 Å². The summed E-state index contributed by atoms with van der Waals surface area (Å²) in [5.41, 5.74) is 6.42. The largest absolute Gasteiger partial charge is 0.122 e. The summed E-state index contributed by atoms with van der Waals surface area (Å²) < 4.78 is 0. The van der Waals surface area contributed by atoms with Crippen molar-refractivity contribution in [3.05, 3.63) is 29.0 Å². The summed E-state index contributed by atoms with van der Waals surface area (Å²) in [7, 11) is 0. The quantitative estimate of drug-likeness (QED) is 0.401. The van der Waals surface area contributed by atoms with Crippen molar-refractivity contribution in [1.82, 2.24) is 0 Å². The van der Waals surface area contributed by atoms with Gasteiger partial charge < -0.3 is 0 Å². The molecule has 0 fully saturated rings. The molecular formula is C17H28. The van der Waals surface area contributed by atoms with Crippen LogP contribution in [0.1, 0.15) is 72.1 Å². The lowest BCUT2D eigenvalue weighted by Crippen LogP contribution is -2.02. The Morgan fingerprint density at radius 1 is 1.24 bits per heavy atom. The third-order valence-electron chi connectivity index (χ3n) is 3.40. The third-order valence-corrected chi connectivity index (χ3v) is 3.40. The number of rotatable bonds is 6. The summed E-state index contributed by atoms with van der Waals surface area (Å²) in [5.74, 6) is 0.806. The van der Waals surface area contributed by atoms with Gasteiger partial charge in [0.15, 0.2) is 0 Å². The Labute approximate surface area is 108 Å². The molecule has 1 rings (SSSR count). The van der Waals surface area contributed by atoms with Crippen molar-refractivity contribution in [2.75, 3.05) is 0 Å². The molecule has 0 radical (unpaired) electrons. The summed E-state index contributed by atoms with van der Waals surface area (Å²) in [5, 5.41) is 0. The van der Waals surface area contributed by atoms with E-state index in [1.54, 1.807) is 0 Å². The van der Waals surface area contributed by atoms with Crippen molar-refractivity contribution < 1.29 is 0 Å². The maximum absolute atomic E-state index is 3.49. The average molecular weight is 232 g/mol. The molecular weight excluding hydrogens is 204 g/mol. The molecule has 0 spiro atoms. The van der Waals surface area contributed by atoms with Gasteiger partial charge in [0.05, 0.1) is 0 Å². The predicted octanol–water partition coefficient (Wildman–Crippen LogP) is 5.80. The summed E-state index contributed by atoms with van der Waals surface area (Å²) in [6.45, 7) is 6.84. The second kappa shape index (κ2) is 8.37. The Bertz CT molecular complexity index is 300. The molecule has 0 heteroatoms. The Morgan fingerprint density at radius 3 is 2.71 bits per heavy atom. The average Bonchev–Trinajstić information content (AvgIpc) is 2.26. The van der Waals surface area contributed by atoms with E-state index >= 15 is 0 Å². The SMILES string of the molecule is CCCCCCCC=C=C1C=C(C)CC(C)C1. The number of allylic oxidation sites excluding steroid dienone is 3. The van der Waals surface area contributed by atoms with Crippen molar-refractivity contribution in [1.29, 1.82) is 0 Å². The highest BCUT2D eigenvalue weighted by Gasteiger charge is 2.10. The Kier molecular flexibility index (Phi) is 7.05. The Morgan fingerprint density at radius 2 is 2.00 bits per heavy atom. The Hall–Kier alpha value is -0.740. The van der Waals surface area contributed by atoms with Crippen molar-refractivity contribution in [2.45, 2.75) is 72.1 Å². The van der Waals surface area contributed by atoms with Gasteiger partial charge >= 0.3 is 0 Å². The molecule has 1 aliphatic carbocycles. The van der Waals surface area contributed by atoms with Gasteiger partial charge in [-0.15, -0.1) is 5.73 Å². The zero-order valence-corrected chi connectivity index (χ0v) is 11.9. The highest BCUT2D eigenvalue weighted by molar-refractivity contribution is 5.26. The van der Waals surface area contributed by atoms with Gasteiger partial charge in [-0.2, -0.15) is 0 Å². The monoisotopic (exact) mass is 232 g/mol. The van der Waals surface area contributed by atoms with Gasteiger partial charge in [-0.05, 0) is 50.2 Å². The molecule has 96 valence electrons. The first-order valence-corrected chi connectivity index (χ1v) is 7.33. The molecule has 0 saturated carbocycles. The molecule has 0 amide bonds. The fraction of sp³-hybridized carbons (Fsp3) is 0.706. The zero-order valence-electron chi connectivity index (χ0n) is 11.9. The maximum Gasteiger partial charge on any atom is -0.00615 e. The van der Waals surface area contributed by atoms with Crippen LogP contribution < -0.4 is 0 Å². The van der Waals surface area contributed by atoms with Crippen molar-refractivity contribution in [3.63, 3.8) is 0 Å². The van der Waals surface area contributed by atoms with Gasteiger partial charge in [-0.1, -0.05) is 51.2 Å². The highest BCUT2D eigenvalue weighted by Crippen LogP contribution is 2.26. The minimum Gasteiger partial charge on any atom is -0.122 e. The lowest BCUT2D eigenvalue weighted by atomic mass is 9.88. The molecule has 17 heavy (non-hydrogen) atoms. The van der Waals surface area contributed by atoms with Crippen LogP contribution in [0.25, 0.3) is 0 Å². The maximum atomic E-state index is 3.49. The van der Waals surface area contributed by atoms with Crippen LogP contribution in [0.3, 0.4) is 0 Å². The van der Waals surface area contributed by atoms with E-state index in [4.69, 9.17) is 0 Å². The van der Waals surface area contributed by atoms with Crippen LogP contribution in [0.15, 0.2) is 29.0 Å². The smallest absolute Gasteiger partial charge is 0.00615 e. The van der Waals surface area contributed by atoms with Crippen LogP contribution in [-0.2, 0) is 0 Å². The molecule has 1 atom stereocenters. The molecule has 0 heterocycles. The van der Waals surface area contributed by atoms with E-state index in [9.17, 15) is 0 Å². The minimum atomic E-state index is 0.806. The van der Waals surface area contributed by atoms with Gasteiger partial charge in [0, 0.05) is 0 Å². The molecule has 0 aliphatic heterocycles. The molecule has 0 aromatic rings.